The number of amides is 1. The highest BCUT2D eigenvalue weighted by atomic mass is 35.5. The standard InChI is InChI=1S/C23H21ClN4O/c1-13(23(29)27-16-5-3-15(24)4-6-16)22-18-9-17(10-19(18)22)28-12-26-20-7-2-14(11-25)8-21(20)28/h2-8,12-13,17-19,22H,9-10H2,1H3,(H,27,29)/t13?,17?,18-,19+,22?. The monoisotopic (exact) mass is 404 g/mol. The third-order valence-corrected chi connectivity index (χ3v) is 6.94. The Kier molecular flexibility index (Phi) is 4.33. The number of halogens is 1. The van der Waals surface area contributed by atoms with Gasteiger partial charge in [-0.1, -0.05) is 18.5 Å². The van der Waals surface area contributed by atoms with Crippen LogP contribution < -0.4 is 5.32 Å². The van der Waals surface area contributed by atoms with Crippen molar-refractivity contribution in [2.75, 3.05) is 5.32 Å². The highest BCUT2D eigenvalue weighted by Crippen LogP contribution is 2.64. The lowest BCUT2D eigenvalue weighted by molar-refractivity contribution is -0.120. The summed E-state index contributed by atoms with van der Waals surface area (Å²) < 4.78 is 2.22. The van der Waals surface area contributed by atoms with E-state index in [0.29, 0.717) is 34.4 Å². The summed E-state index contributed by atoms with van der Waals surface area (Å²) in [6, 6.07) is 15.5. The Morgan fingerprint density at radius 3 is 2.66 bits per heavy atom. The van der Waals surface area contributed by atoms with Gasteiger partial charge in [-0.05, 0) is 73.1 Å². The van der Waals surface area contributed by atoms with E-state index >= 15 is 0 Å². The van der Waals surface area contributed by atoms with E-state index in [1.807, 2.05) is 43.6 Å². The zero-order valence-electron chi connectivity index (χ0n) is 16.0. The molecule has 1 amide bonds. The number of imidazole rings is 1. The van der Waals surface area contributed by atoms with Crippen molar-refractivity contribution in [2.45, 2.75) is 25.8 Å². The molecule has 1 N–H and O–H groups in total. The van der Waals surface area contributed by atoms with Gasteiger partial charge < -0.3 is 9.88 Å². The van der Waals surface area contributed by atoms with Crippen molar-refractivity contribution in [1.29, 1.82) is 5.26 Å². The first-order chi connectivity index (χ1) is 14.0. The van der Waals surface area contributed by atoms with Gasteiger partial charge in [0.2, 0.25) is 5.91 Å². The quantitative estimate of drug-likeness (QED) is 0.662. The summed E-state index contributed by atoms with van der Waals surface area (Å²) in [5, 5.41) is 12.9. The number of rotatable bonds is 4. The fourth-order valence-electron chi connectivity index (χ4n) is 5.18. The van der Waals surface area contributed by atoms with E-state index in [1.54, 1.807) is 12.1 Å². The third kappa shape index (κ3) is 3.18. The fourth-order valence-corrected chi connectivity index (χ4v) is 5.31. The Labute approximate surface area is 174 Å². The molecule has 5 rings (SSSR count). The average molecular weight is 405 g/mol. The molecule has 0 aliphatic heterocycles. The summed E-state index contributed by atoms with van der Waals surface area (Å²) in [6.07, 6.45) is 4.03. The third-order valence-electron chi connectivity index (χ3n) is 6.69. The number of hydrogen-bond donors (Lipinski definition) is 1. The van der Waals surface area contributed by atoms with Gasteiger partial charge >= 0.3 is 0 Å². The van der Waals surface area contributed by atoms with Gasteiger partial charge in [-0.3, -0.25) is 4.79 Å². The van der Waals surface area contributed by atoms with E-state index in [2.05, 4.69) is 20.9 Å². The molecule has 5 nitrogen and oxygen atoms in total. The molecule has 6 heteroatoms. The maximum Gasteiger partial charge on any atom is 0.227 e. The predicted molar refractivity (Wildman–Crippen MR) is 112 cm³/mol. The topological polar surface area (TPSA) is 70.7 Å². The number of hydrogen-bond acceptors (Lipinski definition) is 3. The smallest absolute Gasteiger partial charge is 0.227 e. The fraction of sp³-hybridized carbons (Fsp3) is 0.348. The molecule has 2 aliphatic rings. The van der Waals surface area contributed by atoms with Crippen LogP contribution in [0.25, 0.3) is 11.0 Å². The molecule has 5 atom stereocenters. The molecule has 0 bridgehead atoms. The predicted octanol–water partition coefficient (Wildman–Crippen LogP) is 5.03. The first-order valence-corrected chi connectivity index (χ1v) is 10.4. The SMILES string of the molecule is CC(C(=O)Nc1ccc(Cl)cc1)C1[C@H]2CC(n3cnc4ccc(C#N)cc43)C[C@@H]12. The summed E-state index contributed by atoms with van der Waals surface area (Å²) in [6.45, 7) is 2.04. The Morgan fingerprint density at radius 2 is 1.97 bits per heavy atom. The molecule has 2 fully saturated rings. The van der Waals surface area contributed by atoms with Crippen LogP contribution in [0.1, 0.15) is 31.4 Å². The minimum Gasteiger partial charge on any atom is -0.327 e. The van der Waals surface area contributed by atoms with Crippen LogP contribution in [0.4, 0.5) is 5.69 Å². The van der Waals surface area contributed by atoms with Gasteiger partial charge in [0, 0.05) is 22.7 Å². The molecular weight excluding hydrogens is 384 g/mol. The largest absolute Gasteiger partial charge is 0.327 e. The van der Waals surface area contributed by atoms with Crippen LogP contribution in [-0.2, 0) is 4.79 Å². The van der Waals surface area contributed by atoms with Crippen LogP contribution >= 0.6 is 11.6 Å². The van der Waals surface area contributed by atoms with Gasteiger partial charge in [0.15, 0.2) is 0 Å². The summed E-state index contributed by atoms with van der Waals surface area (Å²) in [5.41, 5.74) is 3.40. The van der Waals surface area contributed by atoms with E-state index in [4.69, 9.17) is 11.6 Å². The summed E-state index contributed by atoms with van der Waals surface area (Å²) in [4.78, 5) is 17.2. The van der Waals surface area contributed by atoms with Crippen LogP contribution in [0, 0.1) is 35.0 Å². The number of benzene rings is 2. The second-order valence-electron chi connectivity index (χ2n) is 8.28. The number of aromatic nitrogens is 2. The van der Waals surface area contributed by atoms with Gasteiger partial charge in [0.05, 0.1) is 29.0 Å². The zero-order valence-corrected chi connectivity index (χ0v) is 16.8. The molecule has 2 aliphatic carbocycles. The Bertz CT molecular complexity index is 1120. The summed E-state index contributed by atoms with van der Waals surface area (Å²) in [7, 11) is 0. The minimum atomic E-state index is -0.00801. The molecule has 2 aromatic carbocycles. The lowest BCUT2D eigenvalue weighted by Gasteiger charge is -2.20. The maximum atomic E-state index is 12.7. The molecular formula is C23H21ClN4O. The van der Waals surface area contributed by atoms with Crippen molar-refractivity contribution in [3.8, 4) is 6.07 Å². The lowest BCUT2D eigenvalue weighted by Crippen LogP contribution is -2.24. The molecule has 0 saturated heterocycles. The van der Waals surface area contributed by atoms with E-state index in [9.17, 15) is 10.1 Å². The number of fused-ring (bicyclic) bond motifs is 2. The highest BCUT2D eigenvalue weighted by Gasteiger charge is 2.59. The van der Waals surface area contributed by atoms with Gasteiger partial charge in [-0.15, -0.1) is 0 Å². The van der Waals surface area contributed by atoms with Crippen molar-refractivity contribution in [1.82, 2.24) is 9.55 Å². The average Bonchev–Trinajstić information content (AvgIpc) is 3.07. The Hall–Kier alpha value is -2.84. The zero-order chi connectivity index (χ0) is 20.1. The summed E-state index contributed by atoms with van der Waals surface area (Å²) >= 11 is 5.91. The molecule has 29 heavy (non-hydrogen) atoms. The van der Waals surface area contributed by atoms with Crippen LogP contribution in [0.3, 0.4) is 0 Å². The van der Waals surface area contributed by atoms with Crippen molar-refractivity contribution in [3.63, 3.8) is 0 Å². The minimum absolute atomic E-state index is 0.00801. The van der Waals surface area contributed by atoms with Crippen LogP contribution in [-0.4, -0.2) is 15.5 Å². The van der Waals surface area contributed by atoms with Gasteiger partial charge in [-0.2, -0.15) is 5.26 Å². The Balaban J connectivity index is 1.25. The van der Waals surface area contributed by atoms with E-state index < -0.39 is 0 Å². The summed E-state index contributed by atoms with van der Waals surface area (Å²) in [5.74, 6) is 1.69. The van der Waals surface area contributed by atoms with E-state index in [0.717, 1.165) is 29.6 Å². The van der Waals surface area contributed by atoms with E-state index in [-0.39, 0.29) is 11.8 Å². The molecule has 3 unspecified atom stereocenters. The number of nitriles is 1. The molecule has 146 valence electrons. The van der Waals surface area contributed by atoms with Gasteiger partial charge in [-0.25, -0.2) is 4.98 Å². The molecule has 1 aromatic heterocycles. The van der Waals surface area contributed by atoms with Crippen molar-refractivity contribution < 1.29 is 4.79 Å². The normalized spacial score (nSPS) is 26.0. The second kappa shape index (κ2) is 6.89. The van der Waals surface area contributed by atoms with Crippen LogP contribution in [0.15, 0.2) is 48.8 Å². The molecule has 2 saturated carbocycles. The maximum absolute atomic E-state index is 12.7. The molecule has 1 heterocycles. The van der Waals surface area contributed by atoms with E-state index in [1.165, 1.54) is 0 Å². The lowest BCUT2D eigenvalue weighted by atomic mass is 9.96. The van der Waals surface area contributed by atoms with Crippen LogP contribution in [0.2, 0.25) is 5.02 Å². The van der Waals surface area contributed by atoms with Gasteiger partial charge in [0.25, 0.3) is 0 Å². The number of carbonyl (C=O) groups is 1. The number of nitrogens with one attached hydrogen (secondary N) is 1. The first-order valence-electron chi connectivity index (χ1n) is 9.98. The molecule has 0 radical (unpaired) electrons. The van der Waals surface area contributed by atoms with Gasteiger partial charge in [0.1, 0.15) is 0 Å². The van der Waals surface area contributed by atoms with Crippen LogP contribution in [0.5, 0.6) is 0 Å². The first kappa shape index (κ1) is 18.2. The van der Waals surface area contributed by atoms with Crippen molar-refractivity contribution in [2.24, 2.45) is 23.7 Å². The van der Waals surface area contributed by atoms with Crippen molar-refractivity contribution >= 4 is 34.2 Å². The highest BCUT2D eigenvalue weighted by molar-refractivity contribution is 6.30. The molecule has 3 aromatic rings. The number of nitrogens with zero attached hydrogens (tertiary/aromatic N) is 3. The number of anilines is 1. The molecule has 0 spiro atoms. The van der Waals surface area contributed by atoms with Crippen molar-refractivity contribution in [3.05, 3.63) is 59.4 Å². The second-order valence-corrected chi connectivity index (χ2v) is 8.72. The number of carbonyl (C=O) groups excluding carboxylic acids is 1. The Morgan fingerprint density at radius 1 is 1.24 bits per heavy atom.